The van der Waals surface area contributed by atoms with Gasteiger partial charge in [0.2, 0.25) is 5.91 Å². The Hall–Kier alpha value is -1.94. The molecule has 5 fully saturated rings. The molecule has 0 spiro atoms. The quantitative estimate of drug-likeness (QED) is 0.498. The first-order valence-electron chi connectivity index (χ1n) is 10.8. The molecule has 5 aliphatic rings. The zero-order valence-corrected chi connectivity index (χ0v) is 17.9. The molecule has 3 saturated carbocycles. The van der Waals surface area contributed by atoms with Crippen molar-refractivity contribution in [1.29, 1.82) is 0 Å². The Balaban J connectivity index is 1.04. The highest BCUT2D eigenvalue weighted by molar-refractivity contribution is 6.30. The van der Waals surface area contributed by atoms with Crippen LogP contribution in [0.25, 0.3) is 0 Å². The first-order valence-corrected chi connectivity index (χ1v) is 11.2. The summed E-state index contributed by atoms with van der Waals surface area (Å²) in [6.45, 7) is 1.39. The SMILES string of the molecule is O=C(COc1ccc(Cl)c(F)c1)NC12CC(C(=O)NCC3NNC4CCCCN43)(C1)C2. The van der Waals surface area contributed by atoms with Crippen LogP contribution in [0.2, 0.25) is 5.02 Å². The molecule has 0 aromatic heterocycles. The maximum Gasteiger partial charge on any atom is 0.258 e. The molecule has 2 atom stereocenters. The van der Waals surface area contributed by atoms with E-state index in [9.17, 15) is 14.0 Å². The maximum atomic E-state index is 13.4. The van der Waals surface area contributed by atoms with Crippen LogP contribution in [0.1, 0.15) is 38.5 Å². The lowest BCUT2D eigenvalue weighted by Crippen LogP contribution is -2.78. The number of rotatable bonds is 7. The van der Waals surface area contributed by atoms with Crippen LogP contribution in [0.15, 0.2) is 18.2 Å². The lowest BCUT2D eigenvalue weighted by molar-refractivity contribution is -0.184. The average molecular weight is 452 g/mol. The molecule has 6 rings (SSSR count). The largest absolute Gasteiger partial charge is 0.484 e. The second kappa shape index (κ2) is 7.88. The molecule has 1 aromatic carbocycles. The second-order valence-corrected chi connectivity index (χ2v) is 9.67. The van der Waals surface area contributed by atoms with Crippen LogP contribution in [0.5, 0.6) is 5.75 Å². The summed E-state index contributed by atoms with van der Waals surface area (Å²) >= 11 is 5.64. The van der Waals surface area contributed by atoms with E-state index in [4.69, 9.17) is 16.3 Å². The van der Waals surface area contributed by atoms with Crippen molar-refractivity contribution in [1.82, 2.24) is 26.4 Å². The number of carbonyl (C=O) groups excluding carboxylic acids is 2. The highest BCUT2D eigenvalue weighted by Crippen LogP contribution is 2.67. The van der Waals surface area contributed by atoms with Gasteiger partial charge >= 0.3 is 0 Å². The number of hydrogen-bond acceptors (Lipinski definition) is 6. The minimum Gasteiger partial charge on any atom is -0.484 e. The highest BCUT2D eigenvalue weighted by Gasteiger charge is 2.72. The summed E-state index contributed by atoms with van der Waals surface area (Å²) in [5.41, 5.74) is 5.91. The van der Waals surface area contributed by atoms with Crippen LogP contribution in [0.3, 0.4) is 0 Å². The van der Waals surface area contributed by atoms with E-state index in [0.29, 0.717) is 32.0 Å². The van der Waals surface area contributed by atoms with Gasteiger partial charge in [-0.3, -0.25) is 14.5 Å². The van der Waals surface area contributed by atoms with Crippen molar-refractivity contribution in [3.63, 3.8) is 0 Å². The van der Waals surface area contributed by atoms with Gasteiger partial charge in [0.1, 0.15) is 11.6 Å². The van der Waals surface area contributed by atoms with Crippen LogP contribution >= 0.6 is 11.6 Å². The predicted molar refractivity (Wildman–Crippen MR) is 111 cm³/mol. The number of hydrazine groups is 1. The fourth-order valence-electron chi connectivity index (χ4n) is 5.51. The van der Waals surface area contributed by atoms with Gasteiger partial charge in [-0.15, -0.1) is 0 Å². The van der Waals surface area contributed by atoms with Crippen LogP contribution in [-0.4, -0.2) is 54.3 Å². The Morgan fingerprint density at radius 1 is 1.26 bits per heavy atom. The van der Waals surface area contributed by atoms with Crippen molar-refractivity contribution in [2.75, 3.05) is 19.7 Å². The maximum absolute atomic E-state index is 13.4. The van der Waals surface area contributed by atoms with E-state index in [0.717, 1.165) is 19.0 Å². The third-order valence-electron chi connectivity index (χ3n) is 6.99. The molecular weight excluding hydrogens is 425 g/mol. The Bertz CT molecular complexity index is 880. The molecule has 31 heavy (non-hydrogen) atoms. The van der Waals surface area contributed by atoms with E-state index in [-0.39, 0.29) is 46.3 Å². The molecule has 10 heteroatoms. The first-order chi connectivity index (χ1) is 14.9. The molecule has 2 saturated heterocycles. The summed E-state index contributed by atoms with van der Waals surface area (Å²) < 4.78 is 18.8. The topological polar surface area (TPSA) is 94.7 Å². The van der Waals surface area contributed by atoms with Crippen molar-refractivity contribution in [3.05, 3.63) is 29.0 Å². The minimum absolute atomic E-state index is 0.00460. The van der Waals surface area contributed by atoms with E-state index in [1.165, 1.54) is 25.0 Å². The number of halogens is 2. The fraction of sp³-hybridized carbons (Fsp3) is 0.619. The molecule has 168 valence electrons. The fourth-order valence-corrected chi connectivity index (χ4v) is 5.63. The van der Waals surface area contributed by atoms with Crippen LogP contribution < -0.4 is 26.2 Å². The summed E-state index contributed by atoms with van der Waals surface area (Å²) in [6.07, 6.45) is 5.96. The number of carbonyl (C=O) groups is 2. The van der Waals surface area contributed by atoms with Crippen molar-refractivity contribution < 1.29 is 18.7 Å². The van der Waals surface area contributed by atoms with Gasteiger partial charge in [-0.05, 0) is 50.7 Å². The zero-order chi connectivity index (χ0) is 21.6. The molecule has 2 unspecified atom stereocenters. The Morgan fingerprint density at radius 3 is 2.84 bits per heavy atom. The van der Waals surface area contributed by atoms with Crippen LogP contribution in [0.4, 0.5) is 4.39 Å². The number of ether oxygens (including phenoxy) is 1. The van der Waals surface area contributed by atoms with Gasteiger partial charge in [-0.1, -0.05) is 11.6 Å². The molecule has 1 aromatic rings. The molecule has 2 aliphatic heterocycles. The number of fused-ring (bicyclic) bond motifs is 1. The standard InChI is InChI=1S/C21H27ClFN5O3/c22-14-5-4-13(7-15(14)23)31-9-18(29)25-21-10-20(11-21,12-21)19(30)24-8-17-27-26-16-3-1-2-6-28(16)17/h4-5,7,16-17,26-27H,1-3,6,8-12H2,(H,24,30)(H,25,29). The third-order valence-corrected chi connectivity index (χ3v) is 7.30. The zero-order valence-electron chi connectivity index (χ0n) is 17.2. The van der Waals surface area contributed by atoms with Gasteiger partial charge in [0.15, 0.2) is 6.61 Å². The number of benzene rings is 1. The van der Waals surface area contributed by atoms with E-state index in [2.05, 4.69) is 26.4 Å². The summed E-state index contributed by atoms with van der Waals surface area (Å²) in [4.78, 5) is 27.3. The number of amides is 2. The van der Waals surface area contributed by atoms with Crippen molar-refractivity contribution in [2.24, 2.45) is 5.41 Å². The highest BCUT2D eigenvalue weighted by atomic mass is 35.5. The van der Waals surface area contributed by atoms with E-state index in [1.54, 1.807) is 0 Å². The molecule has 8 nitrogen and oxygen atoms in total. The lowest BCUT2D eigenvalue weighted by Gasteiger charge is -2.69. The molecule has 0 radical (unpaired) electrons. The lowest BCUT2D eigenvalue weighted by atomic mass is 9.39. The van der Waals surface area contributed by atoms with Crippen molar-refractivity contribution in [3.8, 4) is 5.75 Å². The van der Waals surface area contributed by atoms with Gasteiger partial charge in [-0.2, -0.15) is 0 Å². The third kappa shape index (κ3) is 3.88. The summed E-state index contributed by atoms with van der Waals surface area (Å²) in [6, 6.07) is 4.05. The average Bonchev–Trinajstić information content (AvgIpc) is 3.12. The van der Waals surface area contributed by atoms with Gasteiger partial charge in [0, 0.05) is 24.7 Å². The molecule has 2 amide bonds. The summed E-state index contributed by atoms with van der Waals surface area (Å²) in [5.74, 6) is -0.553. The van der Waals surface area contributed by atoms with Crippen molar-refractivity contribution >= 4 is 23.4 Å². The molecule has 2 heterocycles. The Morgan fingerprint density at radius 2 is 2.06 bits per heavy atom. The number of hydrogen-bond donors (Lipinski definition) is 4. The van der Waals surface area contributed by atoms with Gasteiger partial charge in [0.05, 0.1) is 22.8 Å². The number of nitrogens with zero attached hydrogens (tertiary/aromatic N) is 1. The van der Waals surface area contributed by atoms with Crippen molar-refractivity contribution in [2.45, 2.75) is 56.4 Å². The molecular formula is C21H27ClFN5O3. The smallest absolute Gasteiger partial charge is 0.258 e. The number of piperidine rings is 1. The predicted octanol–water partition coefficient (Wildman–Crippen LogP) is 1.26. The van der Waals surface area contributed by atoms with Crippen LogP contribution in [-0.2, 0) is 9.59 Å². The van der Waals surface area contributed by atoms with Crippen LogP contribution in [0, 0.1) is 11.2 Å². The van der Waals surface area contributed by atoms with Gasteiger partial charge in [-0.25, -0.2) is 15.2 Å². The van der Waals surface area contributed by atoms with E-state index in [1.807, 2.05) is 0 Å². The molecule has 2 bridgehead atoms. The normalized spacial score (nSPS) is 33.6. The second-order valence-electron chi connectivity index (χ2n) is 9.27. The van der Waals surface area contributed by atoms with E-state index >= 15 is 0 Å². The monoisotopic (exact) mass is 451 g/mol. The summed E-state index contributed by atoms with van der Waals surface area (Å²) in [5, 5.41) is 6.08. The van der Waals surface area contributed by atoms with Gasteiger partial charge in [0.25, 0.3) is 5.91 Å². The van der Waals surface area contributed by atoms with Gasteiger partial charge < -0.3 is 15.4 Å². The first kappa shape index (κ1) is 20.9. The Kier molecular flexibility index (Phi) is 5.32. The Labute approximate surface area is 185 Å². The summed E-state index contributed by atoms with van der Waals surface area (Å²) in [7, 11) is 0. The number of nitrogens with one attached hydrogen (secondary N) is 4. The minimum atomic E-state index is -0.591. The molecule has 4 N–H and O–H groups in total. The van der Waals surface area contributed by atoms with E-state index < -0.39 is 5.82 Å². The molecule has 3 aliphatic carbocycles.